The van der Waals surface area contributed by atoms with Crippen LogP contribution in [-0.4, -0.2) is 32.8 Å². The Labute approximate surface area is 139 Å². The van der Waals surface area contributed by atoms with E-state index in [1.807, 2.05) is 6.92 Å². The first-order valence-corrected chi connectivity index (χ1v) is 8.64. The zero-order valence-corrected chi connectivity index (χ0v) is 13.7. The van der Waals surface area contributed by atoms with Crippen molar-refractivity contribution >= 4 is 15.8 Å². The smallest absolute Gasteiger partial charge is 0.297 e. The molecule has 2 aromatic carbocycles. The maximum atomic E-state index is 12.2. The molecule has 0 unspecified atom stereocenters. The number of hydrogen-bond acceptors (Lipinski definition) is 7. The Hall–Kier alpha value is -2.45. The van der Waals surface area contributed by atoms with Crippen molar-refractivity contribution in [2.24, 2.45) is 0 Å². The SMILES string of the molecule is Cc1ccc(S(=O)(=O)OC[C@H]2COc3ccc(N)c(O)c3O2)cc1. The highest BCUT2D eigenvalue weighted by Gasteiger charge is 2.27. The highest BCUT2D eigenvalue weighted by atomic mass is 32.2. The summed E-state index contributed by atoms with van der Waals surface area (Å²) in [4.78, 5) is 0.0670. The molecule has 8 heteroatoms. The summed E-state index contributed by atoms with van der Waals surface area (Å²) < 4.78 is 40.4. The quantitative estimate of drug-likeness (QED) is 0.491. The maximum absolute atomic E-state index is 12.2. The summed E-state index contributed by atoms with van der Waals surface area (Å²) in [5.41, 5.74) is 6.70. The molecule has 1 heterocycles. The summed E-state index contributed by atoms with van der Waals surface area (Å²) >= 11 is 0. The van der Waals surface area contributed by atoms with Crippen molar-refractivity contribution in [1.82, 2.24) is 0 Å². The van der Waals surface area contributed by atoms with Gasteiger partial charge in [0.05, 0.1) is 10.6 Å². The number of nitrogens with two attached hydrogens (primary N) is 1. The molecule has 0 amide bonds. The van der Waals surface area contributed by atoms with Gasteiger partial charge in [0, 0.05) is 0 Å². The number of anilines is 1. The standard InChI is InChI=1S/C16H17NO6S/c1-10-2-4-12(5-3-10)24(19,20)22-9-11-8-21-14-7-6-13(17)15(18)16(14)23-11/h2-7,11,18H,8-9,17H2,1H3/t11-/m1/s1. The molecular weight excluding hydrogens is 334 g/mol. The largest absolute Gasteiger partial charge is 0.503 e. The van der Waals surface area contributed by atoms with E-state index in [4.69, 9.17) is 19.4 Å². The van der Waals surface area contributed by atoms with Gasteiger partial charge in [-0.3, -0.25) is 4.18 Å². The molecule has 0 radical (unpaired) electrons. The predicted octanol–water partition coefficient (Wildman–Crippen LogP) is 1.83. The highest BCUT2D eigenvalue weighted by molar-refractivity contribution is 7.86. The molecule has 1 aliphatic heterocycles. The van der Waals surface area contributed by atoms with Gasteiger partial charge in [0.2, 0.25) is 5.75 Å². The first-order valence-electron chi connectivity index (χ1n) is 7.24. The summed E-state index contributed by atoms with van der Waals surface area (Å²) in [7, 11) is -3.89. The number of fused-ring (bicyclic) bond motifs is 1. The van der Waals surface area contributed by atoms with Gasteiger partial charge in [-0.15, -0.1) is 0 Å². The van der Waals surface area contributed by atoms with Crippen LogP contribution in [0.4, 0.5) is 5.69 Å². The van der Waals surface area contributed by atoms with E-state index in [0.29, 0.717) is 5.75 Å². The minimum Gasteiger partial charge on any atom is -0.503 e. The Balaban J connectivity index is 1.69. The number of phenolic OH excluding ortho intramolecular Hbond substituents is 1. The lowest BCUT2D eigenvalue weighted by Gasteiger charge is -2.27. The minimum absolute atomic E-state index is 0.0670. The van der Waals surface area contributed by atoms with E-state index in [1.54, 1.807) is 18.2 Å². The number of aromatic hydroxyl groups is 1. The number of aryl methyl sites for hydroxylation is 1. The Morgan fingerprint density at radius 2 is 1.96 bits per heavy atom. The third-order valence-electron chi connectivity index (χ3n) is 3.55. The van der Waals surface area contributed by atoms with E-state index in [2.05, 4.69) is 0 Å². The van der Waals surface area contributed by atoms with Gasteiger partial charge in [-0.2, -0.15) is 8.42 Å². The molecule has 24 heavy (non-hydrogen) atoms. The van der Waals surface area contributed by atoms with E-state index in [1.165, 1.54) is 18.2 Å². The van der Waals surface area contributed by atoms with E-state index in [9.17, 15) is 13.5 Å². The lowest BCUT2D eigenvalue weighted by Crippen LogP contribution is -2.34. The van der Waals surface area contributed by atoms with Crippen molar-refractivity contribution in [3.8, 4) is 17.2 Å². The fraction of sp³-hybridized carbons (Fsp3) is 0.250. The molecule has 1 aliphatic rings. The molecule has 7 nitrogen and oxygen atoms in total. The highest BCUT2D eigenvalue weighted by Crippen LogP contribution is 2.43. The van der Waals surface area contributed by atoms with E-state index in [0.717, 1.165) is 5.56 Å². The first-order chi connectivity index (χ1) is 11.4. The number of rotatable bonds is 4. The molecule has 3 rings (SSSR count). The third-order valence-corrected chi connectivity index (χ3v) is 4.85. The first kappa shape index (κ1) is 16.4. The van der Waals surface area contributed by atoms with Crippen LogP contribution in [0.3, 0.4) is 0 Å². The summed E-state index contributed by atoms with van der Waals surface area (Å²) in [5, 5.41) is 9.90. The van der Waals surface area contributed by atoms with Crippen molar-refractivity contribution < 1.29 is 27.2 Å². The van der Waals surface area contributed by atoms with Crippen molar-refractivity contribution in [3.63, 3.8) is 0 Å². The molecule has 0 aliphatic carbocycles. The van der Waals surface area contributed by atoms with Crippen LogP contribution in [0.25, 0.3) is 0 Å². The van der Waals surface area contributed by atoms with Gasteiger partial charge in [-0.05, 0) is 31.2 Å². The zero-order chi connectivity index (χ0) is 17.3. The average Bonchev–Trinajstić information content (AvgIpc) is 2.57. The number of phenols is 1. The Morgan fingerprint density at radius 1 is 1.25 bits per heavy atom. The van der Waals surface area contributed by atoms with Gasteiger partial charge < -0.3 is 20.3 Å². The topological polar surface area (TPSA) is 108 Å². The van der Waals surface area contributed by atoms with Crippen LogP contribution in [0.5, 0.6) is 17.2 Å². The number of ether oxygens (including phenoxy) is 2. The summed E-state index contributed by atoms with van der Waals surface area (Å²) in [6.07, 6.45) is -0.689. The van der Waals surface area contributed by atoms with Crippen LogP contribution in [0.15, 0.2) is 41.3 Å². The number of hydrogen-bond donors (Lipinski definition) is 2. The van der Waals surface area contributed by atoms with Gasteiger partial charge in [0.25, 0.3) is 10.1 Å². The molecule has 3 N–H and O–H groups in total. The summed E-state index contributed by atoms with van der Waals surface area (Å²) in [5.74, 6) is 0.195. The average molecular weight is 351 g/mol. The van der Waals surface area contributed by atoms with Crippen LogP contribution >= 0.6 is 0 Å². The summed E-state index contributed by atoms with van der Waals surface area (Å²) in [6.45, 7) is 1.71. The van der Waals surface area contributed by atoms with Crippen LogP contribution in [0.1, 0.15) is 5.56 Å². The van der Waals surface area contributed by atoms with Crippen molar-refractivity contribution in [3.05, 3.63) is 42.0 Å². The number of nitrogen functional groups attached to an aromatic ring is 1. The number of benzene rings is 2. The Kier molecular flexibility index (Phi) is 4.25. The fourth-order valence-electron chi connectivity index (χ4n) is 2.20. The third kappa shape index (κ3) is 3.24. The molecule has 0 fully saturated rings. The second kappa shape index (κ2) is 6.21. The van der Waals surface area contributed by atoms with Gasteiger partial charge in [0.15, 0.2) is 17.6 Å². The second-order valence-corrected chi connectivity index (χ2v) is 7.05. The van der Waals surface area contributed by atoms with Crippen LogP contribution in [0.2, 0.25) is 0 Å². The molecule has 0 bridgehead atoms. The van der Waals surface area contributed by atoms with Gasteiger partial charge in [-0.1, -0.05) is 17.7 Å². The van der Waals surface area contributed by atoms with E-state index < -0.39 is 16.2 Å². The van der Waals surface area contributed by atoms with Gasteiger partial charge in [0.1, 0.15) is 13.2 Å². The maximum Gasteiger partial charge on any atom is 0.297 e. The molecule has 0 saturated heterocycles. The molecule has 128 valence electrons. The van der Waals surface area contributed by atoms with Crippen LogP contribution in [-0.2, 0) is 14.3 Å². The normalized spacial score (nSPS) is 16.8. The minimum atomic E-state index is -3.89. The second-order valence-electron chi connectivity index (χ2n) is 5.43. The Morgan fingerprint density at radius 3 is 2.67 bits per heavy atom. The van der Waals surface area contributed by atoms with Gasteiger partial charge in [-0.25, -0.2) is 0 Å². The Bertz CT molecular complexity index is 848. The lowest BCUT2D eigenvalue weighted by atomic mass is 10.2. The fourth-order valence-corrected chi connectivity index (χ4v) is 3.14. The summed E-state index contributed by atoms with van der Waals surface area (Å²) in [6, 6.07) is 9.40. The molecule has 1 atom stereocenters. The molecule has 0 aromatic heterocycles. The molecular formula is C16H17NO6S. The lowest BCUT2D eigenvalue weighted by molar-refractivity contribution is 0.0529. The van der Waals surface area contributed by atoms with Crippen LogP contribution in [0, 0.1) is 6.92 Å². The van der Waals surface area contributed by atoms with Crippen molar-refractivity contribution in [1.29, 1.82) is 0 Å². The molecule has 0 saturated carbocycles. The van der Waals surface area contributed by atoms with Gasteiger partial charge >= 0.3 is 0 Å². The zero-order valence-electron chi connectivity index (χ0n) is 12.9. The van der Waals surface area contributed by atoms with E-state index >= 15 is 0 Å². The predicted molar refractivity (Wildman–Crippen MR) is 86.7 cm³/mol. The molecule has 0 spiro atoms. The molecule has 2 aromatic rings. The van der Waals surface area contributed by atoms with E-state index in [-0.39, 0.29) is 35.3 Å². The van der Waals surface area contributed by atoms with Crippen LogP contribution < -0.4 is 15.2 Å². The van der Waals surface area contributed by atoms with Crippen molar-refractivity contribution in [2.45, 2.75) is 17.9 Å². The van der Waals surface area contributed by atoms with Crippen molar-refractivity contribution in [2.75, 3.05) is 18.9 Å². The monoisotopic (exact) mass is 351 g/mol.